The lowest BCUT2D eigenvalue weighted by molar-refractivity contribution is -0.439. The fourth-order valence-corrected chi connectivity index (χ4v) is 9.51. The Labute approximate surface area is 329 Å². The lowest BCUT2D eigenvalue weighted by Crippen LogP contribution is -2.35. The van der Waals surface area contributed by atoms with Crippen LogP contribution < -0.4 is 4.90 Å². The SMILES string of the molecule is Cc1ccccc1CC1(Cc2ccccc2C)/C(=C\C=C\C2=[N+](CCC(C)C)c3cc4ccccc4cc3C2(C)Cc2ccccc2)N(C)c2ccccc21. The van der Waals surface area contributed by atoms with Crippen molar-refractivity contribution >= 4 is 27.9 Å². The van der Waals surface area contributed by atoms with Crippen LogP contribution in [0.3, 0.4) is 0 Å². The molecule has 55 heavy (non-hydrogen) atoms. The van der Waals surface area contributed by atoms with Crippen molar-refractivity contribution in [3.63, 3.8) is 0 Å². The molecule has 0 N–H and O–H groups in total. The average molecular weight is 720 g/mol. The van der Waals surface area contributed by atoms with Crippen LogP contribution in [0.2, 0.25) is 0 Å². The van der Waals surface area contributed by atoms with Crippen molar-refractivity contribution in [2.75, 3.05) is 18.5 Å². The van der Waals surface area contributed by atoms with Gasteiger partial charge in [0.25, 0.3) is 0 Å². The number of allylic oxidation sites excluding steroid dienone is 4. The summed E-state index contributed by atoms with van der Waals surface area (Å²) < 4.78 is 2.65. The summed E-state index contributed by atoms with van der Waals surface area (Å²) >= 11 is 0. The Kier molecular flexibility index (Phi) is 9.95. The van der Waals surface area contributed by atoms with Gasteiger partial charge in [-0.2, -0.15) is 4.58 Å². The van der Waals surface area contributed by atoms with Crippen LogP contribution in [-0.4, -0.2) is 23.9 Å². The number of hydrogen-bond donors (Lipinski definition) is 0. The third kappa shape index (κ3) is 6.78. The van der Waals surface area contributed by atoms with E-state index >= 15 is 0 Å². The zero-order chi connectivity index (χ0) is 38.2. The van der Waals surface area contributed by atoms with E-state index in [0.717, 1.165) is 32.2 Å². The number of benzene rings is 6. The molecule has 8 rings (SSSR count). The molecule has 0 fully saturated rings. The van der Waals surface area contributed by atoms with E-state index in [2.05, 4.69) is 209 Å². The molecule has 6 aromatic carbocycles. The maximum Gasteiger partial charge on any atom is 0.210 e. The van der Waals surface area contributed by atoms with Crippen LogP contribution in [-0.2, 0) is 30.1 Å². The minimum absolute atomic E-state index is 0.212. The first-order chi connectivity index (χ1) is 26.7. The van der Waals surface area contributed by atoms with Gasteiger partial charge in [-0.3, -0.25) is 0 Å². The van der Waals surface area contributed by atoms with E-state index in [4.69, 9.17) is 0 Å². The molecule has 0 amide bonds. The Hall–Kier alpha value is -5.47. The maximum absolute atomic E-state index is 2.65. The Morgan fingerprint density at radius 1 is 0.655 bits per heavy atom. The molecule has 0 spiro atoms. The molecular formula is C53H55N2+. The summed E-state index contributed by atoms with van der Waals surface area (Å²) in [6.07, 6.45) is 11.2. The molecule has 2 nitrogen and oxygen atoms in total. The minimum Gasteiger partial charge on any atom is -0.347 e. The van der Waals surface area contributed by atoms with E-state index in [1.54, 1.807) is 0 Å². The zero-order valence-electron chi connectivity index (χ0n) is 33.5. The Bertz CT molecular complexity index is 2400. The summed E-state index contributed by atoms with van der Waals surface area (Å²) in [5, 5.41) is 2.60. The number of aryl methyl sites for hydroxylation is 2. The third-order valence-corrected chi connectivity index (χ3v) is 12.6. The van der Waals surface area contributed by atoms with Gasteiger partial charge in [0.1, 0.15) is 6.54 Å². The molecule has 1 unspecified atom stereocenters. The van der Waals surface area contributed by atoms with Crippen molar-refractivity contribution in [2.24, 2.45) is 5.92 Å². The fourth-order valence-electron chi connectivity index (χ4n) is 9.51. The highest BCUT2D eigenvalue weighted by Crippen LogP contribution is 2.52. The van der Waals surface area contributed by atoms with Gasteiger partial charge in [0.15, 0.2) is 5.71 Å². The molecule has 1 atom stereocenters. The quantitative estimate of drug-likeness (QED) is 0.121. The van der Waals surface area contributed by atoms with Gasteiger partial charge in [-0.1, -0.05) is 141 Å². The molecule has 0 bridgehead atoms. The summed E-state index contributed by atoms with van der Waals surface area (Å²) in [5.74, 6) is 0.603. The lowest BCUT2D eigenvalue weighted by atomic mass is 9.69. The molecule has 0 saturated carbocycles. The van der Waals surface area contributed by atoms with E-state index in [9.17, 15) is 0 Å². The van der Waals surface area contributed by atoms with Gasteiger partial charge in [0, 0.05) is 48.0 Å². The molecule has 0 aromatic heterocycles. The highest BCUT2D eigenvalue weighted by atomic mass is 15.2. The van der Waals surface area contributed by atoms with E-state index in [-0.39, 0.29) is 10.8 Å². The topological polar surface area (TPSA) is 6.25 Å². The molecule has 0 saturated heterocycles. The van der Waals surface area contributed by atoms with Gasteiger partial charge in [0.2, 0.25) is 5.69 Å². The monoisotopic (exact) mass is 719 g/mol. The fraction of sp³-hybridized carbons (Fsp3) is 0.264. The summed E-state index contributed by atoms with van der Waals surface area (Å²) in [5.41, 5.74) is 14.6. The Morgan fingerprint density at radius 3 is 1.89 bits per heavy atom. The molecule has 2 heteroatoms. The van der Waals surface area contributed by atoms with Crippen LogP contribution in [0.15, 0.2) is 163 Å². The van der Waals surface area contributed by atoms with Gasteiger partial charge in [0.05, 0.1) is 5.41 Å². The normalized spacial score (nSPS) is 18.2. The Balaban J connectivity index is 1.32. The van der Waals surface area contributed by atoms with E-state index in [1.807, 2.05) is 0 Å². The predicted molar refractivity (Wildman–Crippen MR) is 234 cm³/mol. The summed E-state index contributed by atoms with van der Waals surface area (Å²) in [7, 11) is 2.27. The van der Waals surface area contributed by atoms with Crippen molar-refractivity contribution in [3.05, 3.63) is 202 Å². The first-order valence-electron chi connectivity index (χ1n) is 20.2. The van der Waals surface area contributed by atoms with Crippen molar-refractivity contribution in [3.8, 4) is 0 Å². The predicted octanol–water partition coefficient (Wildman–Crippen LogP) is 12.4. The van der Waals surface area contributed by atoms with Crippen molar-refractivity contribution in [2.45, 2.75) is 71.1 Å². The van der Waals surface area contributed by atoms with Crippen LogP contribution in [0.5, 0.6) is 0 Å². The standard InChI is InChI=1S/C53H55N2/c1-38(2)31-32-55-49-34-43-24-15-14-23-42(43)33-47(49)52(5,35-41-21-8-7-9-22-41)50(55)29-18-30-51-53(36-44-25-12-10-19-39(44)3,37-45-26-13-11-20-40(45)4)46-27-16-17-28-48(46)54(51)6/h7-30,33-34,38H,31-32,35-37H2,1-6H3/q+1. The third-order valence-electron chi connectivity index (χ3n) is 12.6. The first-order valence-corrected chi connectivity index (χ1v) is 20.2. The van der Waals surface area contributed by atoms with Crippen LogP contribution in [0.1, 0.15) is 66.1 Å². The maximum atomic E-state index is 2.65. The van der Waals surface area contributed by atoms with Crippen molar-refractivity contribution in [1.82, 2.24) is 0 Å². The van der Waals surface area contributed by atoms with Gasteiger partial charge < -0.3 is 4.90 Å². The number of hydrogen-bond acceptors (Lipinski definition) is 1. The smallest absolute Gasteiger partial charge is 0.210 e. The summed E-state index contributed by atoms with van der Waals surface area (Å²) in [4.78, 5) is 2.47. The minimum atomic E-state index is -0.250. The largest absolute Gasteiger partial charge is 0.347 e. The van der Waals surface area contributed by atoms with E-state index < -0.39 is 0 Å². The molecule has 2 aliphatic heterocycles. The van der Waals surface area contributed by atoms with Gasteiger partial charge in [-0.25, -0.2) is 0 Å². The van der Waals surface area contributed by atoms with Gasteiger partial charge in [-0.05, 0) is 108 Å². The number of rotatable bonds is 11. The second kappa shape index (κ2) is 15.0. The van der Waals surface area contributed by atoms with Crippen LogP contribution in [0.25, 0.3) is 10.8 Å². The molecular weight excluding hydrogens is 665 g/mol. The number of likely N-dealkylation sites (N-methyl/N-ethyl adjacent to an activating group) is 1. The number of para-hydroxylation sites is 1. The lowest BCUT2D eigenvalue weighted by Gasteiger charge is -2.34. The van der Waals surface area contributed by atoms with Crippen LogP contribution in [0, 0.1) is 19.8 Å². The van der Waals surface area contributed by atoms with Crippen molar-refractivity contribution < 1.29 is 4.58 Å². The number of fused-ring (bicyclic) bond motifs is 3. The molecule has 2 aliphatic rings. The highest BCUT2D eigenvalue weighted by Gasteiger charge is 2.49. The molecule has 276 valence electrons. The summed E-state index contributed by atoms with van der Waals surface area (Å²) in [6.45, 7) is 12.7. The van der Waals surface area contributed by atoms with Crippen LogP contribution in [0.4, 0.5) is 11.4 Å². The molecule has 0 radical (unpaired) electrons. The van der Waals surface area contributed by atoms with E-state index in [1.165, 1.54) is 72.5 Å². The average Bonchev–Trinajstić information content (AvgIpc) is 3.55. The highest BCUT2D eigenvalue weighted by molar-refractivity contribution is 6.05. The summed E-state index contributed by atoms with van der Waals surface area (Å²) in [6, 6.07) is 51.9. The second-order valence-electron chi connectivity index (χ2n) is 16.7. The molecule has 6 aromatic rings. The first kappa shape index (κ1) is 36.5. The molecule has 0 aliphatic carbocycles. The Morgan fingerprint density at radius 2 is 1.24 bits per heavy atom. The van der Waals surface area contributed by atoms with Crippen LogP contribution >= 0.6 is 0 Å². The van der Waals surface area contributed by atoms with E-state index in [0.29, 0.717) is 5.92 Å². The van der Waals surface area contributed by atoms with Gasteiger partial charge >= 0.3 is 0 Å². The molecule has 2 heterocycles. The zero-order valence-corrected chi connectivity index (χ0v) is 33.5. The van der Waals surface area contributed by atoms with Crippen molar-refractivity contribution in [1.29, 1.82) is 0 Å². The second-order valence-corrected chi connectivity index (χ2v) is 16.7. The van der Waals surface area contributed by atoms with Gasteiger partial charge in [-0.15, -0.1) is 0 Å². The number of nitrogens with zero attached hydrogens (tertiary/aromatic N) is 2. The number of anilines is 1.